The van der Waals surface area contributed by atoms with Crippen LogP contribution in [0.3, 0.4) is 0 Å². The van der Waals surface area contributed by atoms with Crippen molar-refractivity contribution in [1.29, 1.82) is 5.26 Å². The Kier molecular flexibility index (Phi) is 6.15. The van der Waals surface area contributed by atoms with Crippen LogP contribution in [0.1, 0.15) is 5.56 Å². The molecule has 0 bridgehead atoms. The third-order valence-electron chi connectivity index (χ3n) is 3.98. The molecule has 0 aliphatic rings. The highest BCUT2D eigenvalue weighted by Gasteiger charge is 2.14. The number of carbonyl (C=O) groups excluding carboxylic acids is 1. The van der Waals surface area contributed by atoms with Crippen LogP contribution in [0.15, 0.2) is 66.7 Å². The molecule has 1 N–H and O–H groups in total. The van der Waals surface area contributed by atoms with Crippen LogP contribution in [0.25, 0.3) is 11.1 Å². The molecule has 0 fully saturated rings. The summed E-state index contributed by atoms with van der Waals surface area (Å²) in [4.78, 5) is 12.2. The van der Waals surface area contributed by atoms with Gasteiger partial charge in [-0.1, -0.05) is 54.1 Å². The number of nitriles is 1. The van der Waals surface area contributed by atoms with Crippen molar-refractivity contribution in [3.8, 4) is 28.7 Å². The lowest BCUT2D eigenvalue weighted by molar-refractivity contribution is -0.118. The summed E-state index contributed by atoms with van der Waals surface area (Å²) in [6, 6.07) is 22.4. The molecule has 0 aliphatic carbocycles. The van der Waals surface area contributed by atoms with Gasteiger partial charge in [-0.25, -0.2) is 0 Å². The second kappa shape index (κ2) is 8.94. The van der Waals surface area contributed by atoms with Gasteiger partial charge in [0.15, 0.2) is 18.1 Å². The lowest BCUT2D eigenvalue weighted by Gasteiger charge is -2.13. The predicted molar refractivity (Wildman–Crippen MR) is 109 cm³/mol. The Labute approximate surface area is 168 Å². The van der Waals surface area contributed by atoms with Crippen molar-refractivity contribution in [3.63, 3.8) is 0 Å². The number of amides is 1. The number of nitrogens with zero attached hydrogens (tertiary/aromatic N) is 1. The summed E-state index contributed by atoms with van der Waals surface area (Å²) in [7, 11) is 1.44. The molecule has 3 aromatic carbocycles. The van der Waals surface area contributed by atoms with Gasteiger partial charge in [0, 0.05) is 11.8 Å². The summed E-state index contributed by atoms with van der Waals surface area (Å²) in [5, 5.41) is 12.0. The highest BCUT2D eigenvalue weighted by atomic mass is 35.5. The molecule has 0 saturated carbocycles. The topological polar surface area (TPSA) is 71.3 Å². The zero-order valence-corrected chi connectivity index (χ0v) is 15.9. The fourth-order valence-corrected chi connectivity index (χ4v) is 2.90. The number of hydrogen-bond donors (Lipinski definition) is 1. The fraction of sp³-hybridized carbons (Fsp3) is 0.0909. The lowest BCUT2D eigenvalue weighted by Crippen LogP contribution is -2.20. The van der Waals surface area contributed by atoms with E-state index in [4.69, 9.17) is 26.3 Å². The van der Waals surface area contributed by atoms with E-state index in [1.807, 2.05) is 60.7 Å². The molecule has 0 unspecified atom stereocenters. The van der Waals surface area contributed by atoms with Gasteiger partial charge in [0.1, 0.15) is 0 Å². The van der Waals surface area contributed by atoms with Crippen LogP contribution in [-0.2, 0) is 4.79 Å². The maximum absolute atomic E-state index is 12.2. The van der Waals surface area contributed by atoms with E-state index in [0.717, 1.165) is 11.1 Å². The molecule has 1 amide bonds. The van der Waals surface area contributed by atoms with Crippen molar-refractivity contribution >= 4 is 23.2 Å². The molecule has 6 heteroatoms. The highest BCUT2D eigenvalue weighted by molar-refractivity contribution is 6.32. The van der Waals surface area contributed by atoms with Crippen molar-refractivity contribution in [2.24, 2.45) is 0 Å². The fourth-order valence-electron chi connectivity index (χ4n) is 2.64. The normalized spacial score (nSPS) is 10.0. The molecule has 0 atom stereocenters. The smallest absolute Gasteiger partial charge is 0.262 e. The number of carbonyl (C=O) groups is 1. The summed E-state index contributed by atoms with van der Waals surface area (Å²) < 4.78 is 10.7. The molecule has 0 spiro atoms. The van der Waals surface area contributed by atoms with Crippen molar-refractivity contribution in [3.05, 3.63) is 77.3 Å². The highest BCUT2D eigenvalue weighted by Crippen LogP contribution is 2.36. The van der Waals surface area contributed by atoms with E-state index >= 15 is 0 Å². The van der Waals surface area contributed by atoms with Gasteiger partial charge in [-0.3, -0.25) is 4.79 Å². The van der Waals surface area contributed by atoms with Gasteiger partial charge in [0.25, 0.3) is 5.91 Å². The molecule has 0 heterocycles. The SMILES string of the molecule is COc1cc(C#N)cc(Cl)c1OCC(=O)Nc1ccc(-c2ccccc2)cc1. The Hall–Kier alpha value is -3.49. The molecule has 0 saturated heterocycles. The van der Waals surface area contributed by atoms with Crippen molar-refractivity contribution < 1.29 is 14.3 Å². The first-order valence-electron chi connectivity index (χ1n) is 8.46. The number of hydrogen-bond acceptors (Lipinski definition) is 4. The van der Waals surface area contributed by atoms with E-state index in [1.54, 1.807) is 0 Å². The van der Waals surface area contributed by atoms with Crippen molar-refractivity contribution in [2.45, 2.75) is 0 Å². The van der Waals surface area contributed by atoms with E-state index < -0.39 is 0 Å². The zero-order valence-electron chi connectivity index (χ0n) is 15.1. The van der Waals surface area contributed by atoms with E-state index in [9.17, 15) is 4.79 Å². The Morgan fingerprint density at radius 2 is 1.75 bits per heavy atom. The summed E-state index contributed by atoms with van der Waals surface area (Å²) in [6.07, 6.45) is 0. The van der Waals surface area contributed by atoms with Gasteiger partial charge in [-0.15, -0.1) is 0 Å². The summed E-state index contributed by atoms with van der Waals surface area (Å²) in [5.74, 6) is 0.178. The van der Waals surface area contributed by atoms with E-state index in [0.29, 0.717) is 17.0 Å². The predicted octanol–water partition coefficient (Wildman–Crippen LogP) is 4.90. The maximum atomic E-state index is 12.2. The minimum Gasteiger partial charge on any atom is -0.493 e. The summed E-state index contributed by atoms with van der Waals surface area (Å²) in [5.41, 5.74) is 3.17. The zero-order chi connectivity index (χ0) is 19.9. The molecule has 0 aromatic heterocycles. The summed E-state index contributed by atoms with van der Waals surface area (Å²) >= 11 is 6.12. The molecule has 140 valence electrons. The van der Waals surface area contributed by atoms with Gasteiger partial charge in [0.2, 0.25) is 0 Å². The number of anilines is 1. The van der Waals surface area contributed by atoms with E-state index in [-0.39, 0.29) is 23.3 Å². The molecule has 28 heavy (non-hydrogen) atoms. The van der Waals surface area contributed by atoms with Gasteiger partial charge in [-0.05, 0) is 29.3 Å². The third-order valence-corrected chi connectivity index (χ3v) is 4.26. The lowest BCUT2D eigenvalue weighted by atomic mass is 10.1. The van der Waals surface area contributed by atoms with Gasteiger partial charge in [0.05, 0.1) is 23.8 Å². The maximum Gasteiger partial charge on any atom is 0.262 e. The molecule has 3 rings (SSSR count). The van der Waals surface area contributed by atoms with Crippen molar-refractivity contribution in [2.75, 3.05) is 19.0 Å². The third kappa shape index (κ3) is 4.61. The molecule has 3 aromatic rings. The standard InChI is InChI=1S/C22H17ClN2O3/c1-27-20-12-15(13-24)11-19(23)22(20)28-14-21(26)25-18-9-7-17(8-10-18)16-5-3-2-4-6-16/h2-12H,14H2,1H3,(H,25,26). The molecular formula is C22H17ClN2O3. The van der Waals surface area contributed by atoms with Gasteiger partial charge in [-0.2, -0.15) is 5.26 Å². The number of methoxy groups -OCH3 is 1. The first-order chi connectivity index (χ1) is 13.6. The largest absolute Gasteiger partial charge is 0.493 e. The van der Waals surface area contributed by atoms with Crippen LogP contribution in [0.5, 0.6) is 11.5 Å². The Bertz CT molecular complexity index is 1010. The number of halogens is 1. The van der Waals surface area contributed by atoms with E-state index in [2.05, 4.69) is 5.32 Å². The summed E-state index contributed by atoms with van der Waals surface area (Å²) in [6.45, 7) is -0.248. The van der Waals surface area contributed by atoms with Crippen LogP contribution in [0.4, 0.5) is 5.69 Å². The minimum absolute atomic E-state index is 0.205. The number of rotatable bonds is 6. The van der Waals surface area contributed by atoms with Crippen LogP contribution in [0, 0.1) is 11.3 Å². The average molecular weight is 393 g/mol. The monoisotopic (exact) mass is 392 g/mol. The second-order valence-electron chi connectivity index (χ2n) is 5.88. The van der Waals surface area contributed by atoms with Crippen LogP contribution >= 0.6 is 11.6 Å². The second-order valence-corrected chi connectivity index (χ2v) is 6.29. The number of ether oxygens (including phenoxy) is 2. The first kappa shape index (κ1) is 19.3. The quantitative estimate of drug-likeness (QED) is 0.647. The van der Waals surface area contributed by atoms with Crippen LogP contribution < -0.4 is 14.8 Å². The van der Waals surface area contributed by atoms with Crippen LogP contribution in [0.2, 0.25) is 5.02 Å². The minimum atomic E-state index is -0.338. The number of benzene rings is 3. The molecular weight excluding hydrogens is 376 g/mol. The Balaban J connectivity index is 1.63. The molecule has 0 radical (unpaired) electrons. The van der Waals surface area contributed by atoms with E-state index in [1.165, 1.54) is 19.2 Å². The van der Waals surface area contributed by atoms with Crippen molar-refractivity contribution in [1.82, 2.24) is 0 Å². The molecule has 5 nitrogen and oxygen atoms in total. The Morgan fingerprint density at radius 1 is 1.07 bits per heavy atom. The first-order valence-corrected chi connectivity index (χ1v) is 8.84. The molecule has 0 aliphatic heterocycles. The number of nitrogens with one attached hydrogen (secondary N) is 1. The Morgan fingerprint density at radius 3 is 2.39 bits per heavy atom. The van der Waals surface area contributed by atoms with Crippen LogP contribution in [-0.4, -0.2) is 19.6 Å². The van der Waals surface area contributed by atoms with Gasteiger partial charge >= 0.3 is 0 Å². The van der Waals surface area contributed by atoms with Gasteiger partial charge < -0.3 is 14.8 Å². The average Bonchev–Trinajstić information content (AvgIpc) is 2.73.